The van der Waals surface area contributed by atoms with E-state index in [0.29, 0.717) is 5.56 Å². The van der Waals surface area contributed by atoms with Crippen LogP contribution in [0.3, 0.4) is 0 Å². The average molecular weight is 549 g/mol. The van der Waals surface area contributed by atoms with E-state index in [0.717, 1.165) is 39.2 Å². The van der Waals surface area contributed by atoms with Crippen LogP contribution in [0.25, 0.3) is 71.9 Å². The molecule has 8 aromatic rings. The standard InChI is InChI=1S/C39H24N4/c40-23-26-20-29(25-41-24-26)36-17-9-16-35(42-36)28-18-19-33-37(21-28)43(30-12-5-2-6-13-30)38-22-34(27-10-3-1-4-11-27)31-14-7-8-15-32(31)39(33)38/h1-22,24-25H. The number of rotatable bonds is 4. The lowest BCUT2D eigenvalue weighted by molar-refractivity contribution is 1.18. The van der Waals surface area contributed by atoms with Gasteiger partial charge < -0.3 is 4.57 Å². The molecular weight excluding hydrogens is 524 g/mol. The zero-order chi connectivity index (χ0) is 28.8. The molecule has 0 bridgehead atoms. The largest absolute Gasteiger partial charge is 0.309 e. The van der Waals surface area contributed by atoms with Gasteiger partial charge in [-0.25, -0.2) is 4.98 Å². The molecule has 0 saturated carbocycles. The van der Waals surface area contributed by atoms with Gasteiger partial charge in [-0.3, -0.25) is 4.98 Å². The van der Waals surface area contributed by atoms with Crippen LogP contribution in [0.5, 0.6) is 0 Å². The van der Waals surface area contributed by atoms with Gasteiger partial charge in [0.2, 0.25) is 0 Å². The minimum atomic E-state index is 0.514. The number of hydrogen-bond donors (Lipinski definition) is 0. The second-order valence-corrected chi connectivity index (χ2v) is 10.6. The highest BCUT2D eigenvalue weighted by Gasteiger charge is 2.19. The molecule has 43 heavy (non-hydrogen) atoms. The van der Waals surface area contributed by atoms with Gasteiger partial charge in [0.15, 0.2) is 0 Å². The molecule has 3 aromatic heterocycles. The number of nitrogens with zero attached hydrogens (tertiary/aromatic N) is 4. The molecule has 0 fully saturated rings. The smallest absolute Gasteiger partial charge is 0.101 e. The molecule has 0 saturated heterocycles. The summed E-state index contributed by atoms with van der Waals surface area (Å²) in [4.78, 5) is 9.23. The molecule has 0 radical (unpaired) electrons. The lowest BCUT2D eigenvalue weighted by Crippen LogP contribution is -1.95. The predicted molar refractivity (Wildman–Crippen MR) is 175 cm³/mol. The molecule has 8 rings (SSSR count). The van der Waals surface area contributed by atoms with Crippen molar-refractivity contribution >= 4 is 32.6 Å². The Bertz CT molecular complexity index is 2350. The Kier molecular flexibility index (Phi) is 5.80. The third-order valence-corrected chi connectivity index (χ3v) is 8.08. The van der Waals surface area contributed by atoms with Gasteiger partial charge in [0.05, 0.1) is 28.0 Å². The number of hydrogen-bond acceptors (Lipinski definition) is 3. The molecule has 0 aliphatic heterocycles. The maximum absolute atomic E-state index is 9.36. The average Bonchev–Trinajstić information content (AvgIpc) is 3.42. The fourth-order valence-corrected chi connectivity index (χ4v) is 6.15. The first-order valence-corrected chi connectivity index (χ1v) is 14.2. The van der Waals surface area contributed by atoms with Crippen LogP contribution in [-0.4, -0.2) is 14.5 Å². The van der Waals surface area contributed by atoms with Gasteiger partial charge >= 0.3 is 0 Å². The van der Waals surface area contributed by atoms with Gasteiger partial charge in [0, 0.05) is 40.0 Å². The highest BCUT2D eigenvalue weighted by Crippen LogP contribution is 2.42. The maximum atomic E-state index is 9.36. The molecule has 5 aromatic carbocycles. The Morgan fingerprint density at radius 2 is 1.26 bits per heavy atom. The van der Waals surface area contributed by atoms with Gasteiger partial charge in [0.25, 0.3) is 0 Å². The molecular formula is C39H24N4. The van der Waals surface area contributed by atoms with Crippen molar-refractivity contribution in [3.63, 3.8) is 0 Å². The van der Waals surface area contributed by atoms with Crippen molar-refractivity contribution in [2.45, 2.75) is 0 Å². The zero-order valence-electron chi connectivity index (χ0n) is 23.1. The van der Waals surface area contributed by atoms with E-state index in [1.54, 1.807) is 12.4 Å². The van der Waals surface area contributed by atoms with Crippen molar-refractivity contribution in [2.75, 3.05) is 0 Å². The molecule has 200 valence electrons. The Hall–Kier alpha value is -6.05. The third kappa shape index (κ3) is 4.15. The number of benzene rings is 5. The van der Waals surface area contributed by atoms with Gasteiger partial charge in [-0.05, 0) is 64.4 Å². The molecule has 4 heteroatoms. The van der Waals surface area contributed by atoms with E-state index in [2.05, 4.69) is 125 Å². The first-order valence-electron chi connectivity index (χ1n) is 14.2. The summed E-state index contributed by atoms with van der Waals surface area (Å²) in [6.45, 7) is 0. The Balaban J connectivity index is 1.42. The molecule has 0 spiro atoms. The fraction of sp³-hybridized carbons (Fsp3) is 0. The molecule has 0 N–H and O–H groups in total. The van der Waals surface area contributed by atoms with Crippen LogP contribution < -0.4 is 0 Å². The highest BCUT2D eigenvalue weighted by molar-refractivity contribution is 6.24. The Morgan fingerprint density at radius 1 is 0.535 bits per heavy atom. The van der Waals surface area contributed by atoms with E-state index in [1.807, 2.05) is 24.3 Å². The van der Waals surface area contributed by atoms with Crippen molar-refractivity contribution in [3.8, 4) is 45.4 Å². The van der Waals surface area contributed by atoms with Crippen molar-refractivity contribution in [1.29, 1.82) is 5.26 Å². The quantitative estimate of drug-likeness (QED) is 0.220. The molecule has 4 nitrogen and oxygen atoms in total. The summed E-state index contributed by atoms with van der Waals surface area (Å²) in [5.74, 6) is 0. The second-order valence-electron chi connectivity index (χ2n) is 10.6. The number of fused-ring (bicyclic) bond motifs is 5. The van der Waals surface area contributed by atoms with E-state index >= 15 is 0 Å². The van der Waals surface area contributed by atoms with Gasteiger partial charge in [0.1, 0.15) is 6.07 Å². The normalized spacial score (nSPS) is 11.2. The van der Waals surface area contributed by atoms with Crippen molar-refractivity contribution in [2.24, 2.45) is 0 Å². The molecule has 0 amide bonds. The van der Waals surface area contributed by atoms with Crippen molar-refractivity contribution in [1.82, 2.24) is 14.5 Å². The zero-order valence-corrected chi connectivity index (χ0v) is 23.1. The Morgan fingerprint density at radius 3 is 2.05 bits per heavy atom. The predicted octanol–water partition coefficient (Wildman–Crippen LogP) is 9.60. The SMILES string of the molecule is N#Cc1cncc(-c2cccc(-c3ccc4c5c6ccccc6c(-c6ccccc6)cc5n(-c5ccccc5)c4c3)n2)c1. The van der Waals surface area contributed by atoms with E-state index in [4.69, 9.17) is 4.98 Å². The van der Waals surface area contributed by atoms with Crippen LogP contribution in [0.15, 0.2) is 146 Å². The number of aromatic nitrogens is 3. The summed E-state index contributed by atoms with van der Waals surface area (Å²) in [5, 5.41) is 14.3. The maximum Gasteiger partial charge on any atom is 0.101 e. The molecule has 3 heterocycles. The summed E-state index contributed by atoms with van der Waals surface area (Å²) < 4.78 is 2.37. The van der Waals surface area contributed by atoms with Gasteiger partial charge in [-0.2, -0.15) is 5.26 Å². The van der Waals surface area contributed by atoms with Crippen LogP contribution in [0.1, 0.15) is 5.56 Å². The summed E-state index contributed by atoms with van der Waals surface area (Å²) in [6.07, 6.45) is 3.31. The van der Waals surface area contributed by atoms with E-state index in [9.17, 15) is 5.26 Å². The third-order valence-electron chi connectivity index (χ3n) is 8.08. The summed E-state index contributed by atoms with van der Waals surface area (Å²) >= 11 is 0. The summed E-state index contributed by atoms with van der Waals surface area (Å²) in [5.41, 5.74) is 9.80. The monoisotopic (exact) mass is 548 g/mol. The van der Waals surface area contributed by atoms with Crippen LogP contribution >= 0.6 is 0 Å². The number of para-hydroxylation sites is 1. The number of pyridine rings is 2. The first-order chi connectivity index (χ1) is 21.3. The lowest BCUT2D eigenvalue weighted by atomic mass is 9.94. The van der Waals surface area contributed by atoms with E-state index in [-0.39, 0.29) is 0 Å². The lowest BCUT2D eigenvalue weighted by Gasteiger charge is -2.12. The highest BCUT2D eigenvalue weighted by atomic mass is 15.0. The van der Waals surface area contributed by atoms with E-state index in [1.165, 1.54) is 32.7 Å². The summed E-state index contributed by atoms with van der Waals surface area (Å²) in [7, 11) is 0. The second kappa shape index (κ2) is 10.1. The molecule has 0 atom stereocenters. The molecule has 0 aliphatic rings. The minimum absolute atomic E-state index is 0.514. The van der Waals surface area contributed by atoms with E-state index < -0.39 is 0 Å². The van der Waals surface area contributed by atoms with Gasteiger partial charge in [-0.1, -0.05) is 91.0 Å². The Labute approximate surface area is 248 Å². The van der Waals surface area contributed by atoms with Crippen LogP contribution in [0, 0.1) is 11.3 Å². The van der Waals surface area contributed by atoms with Gasteiger partial charge in [-0.15, -0.1) is 0 Å². The fourth-order valence-electron chi connectivity index (χ4n) is 6.15. The van der Waals surface area contributed by atoms with Crippen molar-refractivity contribution < 1.29 is 0 Å². The summed E-state index contributed by atoms with van der Waals surface area (Å²) in [6, 6.07) is 48.9. The van der Waals surface area contributed by atoms with Crippen LogP contribution in [0.2, 0.25) is 0 Å². The molecule has 0 aliphatic carbocycles. The molecule has 0 unspecified atom stereocenters. The number of nitriles is 1. The van der Waals surface area contributed by atoms with Crippen LogP contribution in [-0.2, 0) is 0 Å². The first kappa shape index (κ1) is 24.7. The minimum Gasteiger partial charge on any atom is -0.309 e. The topological polar surface area (TPSA) is 54.5 Å². The van der Waals surface area contributed by atoms with Crippen LogP contribution in [0.4, 0.5) is 0 Å². The van der Waals surface area contributed by atoms with Crippen molar-refractivity contribution in [3.05, 3.63) is 151 Å².